The molecule has 16 nitrogen and oxygen atoms in total. The van der Waals surface area contributed by atoms with Crippen molar-refractivity contribution in [3.63, 3.8) is 0 Å². The van der Waals surface area contributed by atoms with Crippen LogP contribution in [0.3, 0.4) is 0 Å². The van der Waals surface area contributed by atoms with Gasteiger partial charge in [0.05, 0.1) is 20.3 Å². The highest BCUT2D eigenvalue weighted by Crippen LogP contribution is 2.38. The number of esters is 2. The topological polar surface area (TPSA) is 241 Å². The van der Waals surface area contributed by atoms with Crippen molar-refractivity contribution in [3.05, 3.63) is 106 Å². The SMILES string of the molecule is COc1cc(C=CC(=O)O[C@@H]2[C@@H](Oc3c(-c4ccc(O)cc4)oc4cc(O)cc(O)c4c3=O)O[C@@H](C)[C@H](OC(=O)C=Cc3ccc(O)c(OC)c3)[C@H]2O)ccc1O. The van der Waals surface area contributed by atoms with Crippen molar-refractivity contribution in [2.75, 3.05) is 14.2 Å². The summed E-state index contributed by atoms with van der Waals surface area (Å²) in [5, 5.41) is 61.8. The first-order chi connectivity index (χ1) is 27.3. The van der Waals surface area contributed by atoms with Gasteiger partial charge in [0.15, 0.2) is 41.0 Å². The zero-order chi connectivity index (χ0) is 41.0. The number of ether oxygens (including phenoxy) is 6. The van der Waals surface area contributed by atoms with E-state index in [4.69, 9.17) is 32.8 Å². The molecule has 5 atom stereocenters. The molecule has 1 aliphatic heterocycles. The number of phenols is 5. The number of fused-ring (bicyclic) bond motifs is 1. The molecule has 0 saturated carbocycles. The first-order valence-corrected chi connectivity index (χ1v) is 17.1. The van der Waals surface area contributed by atoms with Gasteiger partial charge in [0.25, 0.3) is 0 Å². The lowest BCUT2D eigenvalue weighted by Crippen LogP contribution is -2.61. The van der Waals surface area contributed by atoms with Gasteiger partial charge in [-0.1, -0.05) is 12.1 Å². The molecular weight excluding hydrogens is 748 g/mol. The fourth-order valence-electron chi connectivity index (χ4n) is 5.94. The number of aromatic hydroxyl groups is 5. The molecule has 0 radical (unpaired) electrons. The number of rotatable bonds is 11. The van der Waals surface area contributed by atoms with Crippen LogP contribution in [0.4, 0.5) is 0 Å². The molecule has 6 N–H and O–H groups in total. The molecule has 4 aromatic carbocycles. The summed E-state index contributed by atoms with van der Waals surface area (Å²) < 4.78 is 39.5. The lowest BCUT2D eigenvalue weighted by molar-refractivity contribution is -0.275. The molecule has 6 rings (SSSR count). The van der Waals surface area contributed by atoms with Gasteiger partial charge in [0.1, 0.15) is 34.3 Å². The van der Waals surface area contributed by atoms with E-state index in [1.165, 1.54) is 94.0 Å². The fraction of sp³-hybridized carbons (Fsp3) is 0.195. The Labute approximate surface area is 323 Å². The largest absolute Gasteiger partial charge is 0.508 e. The summed E-state index contributed by atoms with van der Waals surface area (Å²) in [6.45, 7) is 1.43. The summed E-state index contributed by atoms with van der Waals surface area (Å²) in [7, 11) is 2.71. The molecule has 1 aliphatic rings. The second kappa shape index (κ2) is 16.7. The van der Waals surface area contributed by atoms with Crippen molar-refractivity contribution in [2.24, 2.45) is 0 Å². The minimum atomic E-state index is -1.84. The molecule has 0 spiro atoms. The number of benzene rings is 4. The Kier molecular flexibility index (Phi) is 11.6. The van der Waals surface area contributed by atoms with Crippen molar-refractivity contribution >= 4 is 35.1 Å². The second-order valence-electron chi connectivity index (χ2n) is 12.6. The number of aliphatic hydroxyl groups excluding tert-OH is 1. The normalized spacial score (nSPS) is 19.4. The number of hydrogen-bond acceptors (Lipinski definition) is 16. The Hall–Kier alpha value is -7.17. The van der Waals surface area contributed by atoms with Crippen LogP contribution in [0.2, 0.25) is 0 Å². The Morgan fingerprint density at radius 3 is 1.82 bits per heavy atom. The van der Waals surface area contributed by atoms with Crippen LogP contribution in [0.15, 0.2) is 94.2 Å². The number of methoxy groups -OCH3 is 2. The quantitative estimate of drug-likeness (QED) is 0.0783. The number of hydrogen-bond donors (Lipinski definition) is 6. The van der Waals surface area contributed by atoms with E-state index < -0.39 is 65.3 Å². The highest BCUT2D eigenvalue weighted by Gasteiger charge is 2.49. The molecule has 0 amide bonds. The predicted octanol–water partition coefficient (Wildman–Crippen LogP) is 4.74. The van der Waals surface area contributed by atoms with Crippen LogP contribution in [-0.4, -0.2) is 87.5 Å². The number of carbonyl (C=O) groups excluding carboxylic acids is 2. The minimum Gasteiger partial charge on any atom is -0.508 e. The summed E-state index contributed by atoms with van der Waals surface area (Å²) in [5.74, 6) is -3.94. The Bertz CT molecular complexity index is 2420. The molecule has 0 bridgehead atoms. The lowest BCUT2D eigenvalue weighted by Gasteiger charge is -2.41. The molecule has 16 heteroatoms. The molecule has 1 fully saturated rings. The van der Waals surface area contributed by atoms with Crippen molar-refractivity contribution in [1.29, 1.82) is 0 Å². The van der Waals surface area contributed by atoms with Gasteiger partial charge in [-0.05, 0) is 78.7 Å². The van der Waals surface area contributed by atoms with Crippen LogP contribution in [0.1, 0.15) is 18.1 Å². The third-order valence-electron chi connectivity index (χ3n) is 8.77. The van der Waals surface area contributed by atoms with E-state index in [1.54, 1.807) is 0 Å². The first kappa shape index (κ1) is 39.5. The molecule has 296 valence electrons. The van der Waals surface area contributed by atoms with Gasteiger partial charge in [-0.2, -0.15) is 0 Å². The number of aliphatic hydroxyl groups is 1. The van der Waals surface area contributed by atoms with E-state index in [1.807, 2.05) is 0 Å². The second-order valence-corrected chi connectivity index (χ2v) is 12.6. The van der Waals surface area contributed by atoms with E-state index in [9.17, 15) is 45.0 Å². The van der Waals surface area contributed by atoms with Crippen LogP contribution >= 0.6 is 0 Å². The maximum Gasteiger partial charge on any atom is 0.331 e. The summed E-state index contributed by atoms with van der Waals surface area (Å²) in [6.07, 6.45) is -3.31. The van der Waals surface area contributed by atoms with Gasteiger partial charge >= 0.3 is 11.9 Å². The van der Waals surface area contributed by atoms with E-state index >= 15 is 0 Å². The fourth-order valence-corrected chi connectivity index (χ4v) is 5.94. The third-order valence-corrected chi connectivity index (χ3v) is 8.77. The average Bonchev–Trinajstić information content (AvgIpc) is 3.18. The highest BCUT2D eigenvalue weighted by atomic mass is 16.7. The van der Waals surface area contributed by atoms with Crippen LogP contribution < -0.4 is 19.6 Å². The predicted molar refractivity (Wildman–Crippen MR) is 201 cm³/mol. The summed E-state index contributed by atoms with van der Waals surface area (Å²) in [5.41, 5.74) is -0.0894. The van der Waals surface area contributed by atoms with E-state index in [0.29, 0.717) is 11.1 Å². The first-order valence-electron chi connectivity index (χ1n) is 17.1. The molecule has 0 aliphatic carbocycles. The number of phenolic OH excluding ortho intramolecular Hbond substituents is 5. The van der Waals surface area contributed by atoms with Crippen molar-refractivity contribution in [1.82, 2.24) is 0 Å². The minimum absolute atomic E-state index is 0.115. The van der Waals surface area contributed by atoms with Gasteiger partial charge in [-0.25, -0.2) is 9.59 Å². The summed E-state index contributed by atoms with van der Waals surface area (Å²) in [6, 6.07) is 16.0. The summed E-state index contributed by atoms with van der Waals surface area (Å²) >= 11 is 0. The van der Waals surface area contributed by atoms with Gasteiger partial charge in [-0.15, -0.1) is 0 Å². The van der Waals surface area contributed by atoms with E-state index in [0.717, 1.165) is 24.3 Å². The van der Waals surface area contributed by atoms with Crippen molar-refractivity contribution in [2.45, 2.75) is 37.6 Å². The zero-order valence-corrected chi connectivity index (χ0v) is 30.4. The number of carbonyl (C=O) groups is 2. The van der Waals surface area contributed by atoms with E-state index in [-0.39, 0.29) is 51.0 Å². The Balaban J connectivity index is 1.35. The van der Waals surface area contributed by atoms with Crippen molar-refractivity contribution in [3.8, 4) is 57.3 Å². The molecule has 2 heterocycles. The van der Waals surface area contributed by atoms with Gasteiger partial charge in [0.2, 0.25) is 17.5 Å². The average molecular weight is 785 g/mol. The lowest BCUT2D eigenvalue weighted by atomic mass is 9.99. The zero-order valence-electron chi connectivity index (χ0n) is 30.4. The standard InChI is InChI=1S/C41H36O16/c1-20-37(55-32(47)14-6-21-4-12-26(44)29(16-21)51-2)36(50)40(56-33(48)15-7-22-5-13-27(45)30(17-22)52-3)41(53-20)57-39-35(49)34-28(46)18-25(43)19-31(34)54-38(39)23-8-10-24(42)11-9-23/h4-20,36-37,40-46,50H,1-3H3/t20-,36+,37-,40-,41+/m0/s1. The summed E-state index contributed by atoms with van der Waals surface area (Å²) in [4.78, 5) is 40.4. The maximum absolute atomic E-state index is 14.0. The monoisotopic (exact) mass is 784 g/mol. The Morgan fingerprint density at radius 2 is 1.26 bits per heavy atom. The van der Waals surface area contributed by atoms with Crippen LogP contribution in [0.25, 0.3) is 34.4 Å². The molecule has 5 aromatic rings. The molecule has 57 heavy (non-hydrogen) atoms. The van der Waals surface area contributed by atoms with E-state index in [2.05, 4.69) is 0 Å². The molecule has 1 saturated heterocycles. The van der Waals surface area contributed by atoms with Gasteiger partial charge < -0.3 is 63.5 Å². The Morgan fingerprint density at radius 1 is 0.702 bits per heavy atom. The molecule has 0 unspecified atom stereocenters. The van der Waals surface area contributed by atoms with Crippen LogP contribution in [-0.2, 0) is 23.8 Å². The highest BCUT2D eigenvalue weighted by molar-refractivity contribution is 5.89. The smallest absolute Gasteiger partial charge is 0.331 e. The van der Waals surface area contributed by atoms with Crippen LogP contribution in [0, 0.1) is 0 Å². The van der Waals surface area contributed by atoms with Gasteiger partial charge in [0, 0.05) is 29.8 Å². The maximum atomic E-state index is 14.0. The molecule has 1 aromatic heterocycles. The third kappa shape index (κ3) is 8.72. The van der Waals surface area contributed by atoms with Crippen LogP contribution in [0.5, 0.6) is 46.0 Å². The van der Waals surface area contributed by atoms with Gasteiger partial charge in [-0.3, -0.25) is 4.79 Å². The van der Waals surface area contributed by atoms with Crippen molar-refractivity contribution < 1.29 is 73.1 Å². The molecular formula is C41H36O16.